The number of aliphatic hydroxyl groups excluding tert-OH is 7. The average molecular weight is 1110 g/mol. The normalized spacial score (nSPS) is 28.5. The first kappa shape index (κ1) is 65.3. The van der Waals surface area contributed by atoms with Crippen LogP contribution >= 0.6 is 0 Å². The third-order valence-corrected chi connectivity index (χ3v) is 15.3. The number of carbonyl (C=O) groups excluding carboxylic acids is 8. The maximum atomic E-state index is 14.6. The fraction of sp³-hybridized carbons (Fsp3) is 0.741. The zero-order valence-corrected chi connectivity index (χ0v) is 45.5. The monoisotopic (exact) mass is 1110 g/mol. The molecule has 24 nitrogen and oxygen atoms in total. The van der Waals surface area contributed by atoms with Crippen LogP contribution in [0.4, 0.5) is 0 Å². The minimum Gasteiger partial charge on any atom is -0.508 e. The summed E-state index contributed by atoms with van der Waals surface area (Å²) >= 11 is 0. The summed E-state index contributed by atoms with van der Waals surface area (Å²) in [6.45, 7) is 6.52. The van der Waals surface area contributed by atoms with E-state index in [4.69, 9.17) is 16.2 Å². The van der Waals surface area contributed by atoms with E-state index in [1.165, 1.54) is 18.6 Å². The van der Waals surface area contributed by atoms with Crippen LogP contribution in [0.15, 0.2) is 24.3 Å². The van der Waals surface area contributed by atoms with Crippen molar-refractivity contribution in [2.24, 2.45) is 35.1 Å². The Kier molecular flexibility index (Phi) is 26.4. The molecule has 3 aliphatic heterocycles. The van der Waals surface area contributed by atoms with Gasteiger partial charge in [0, 0.05) is 51.2 Å². The van der Waals surface area contributed by atoms with Crippen LogP contribution in [0.3, 0.4) is 0 Å². The fourth-order valence-corrected chi connectivity index (χ4v) is 10.7. The van der Waals surface area contributed by atoms with Gasteiger partial charge in [-0.1, -0.05) is 77.8 Å². The van der Waals surface area contributed by atoms with Crippen molar-refractivity contribution in [3.8, 4) is 5.75 Å². The number of unbranched alkanes of at least 4 members (excludes halogenated alkanes) is 5. The van der Waals surface area contributed by atoms with Crippen LogP contribution in [0, 0.1) is 23.7 Å². The van der Waals surface area contributed by atoms with Crippen LogP contribution in [0.2, 0.25) is 0 Å². The number of nitrogens with one attached hydrogen (secondary N) is 3. The summed E-state index contributed by atoms with van der Waals surface area (Å²) < 4.78 is 5.74. The van der Waals surface area contributed by atoms with E-state index in [1.807, 2.05) is 0 Å². The Morgan fingerprint density at radius 2 is 1.41 bits per heavy atom. The molecule has 3 heterocycles. The van der Waals surface area contributed by atoms with Crippen molar-refractivity contribution in [2.75, 3.05) is 26.2 Å². The summed E-state index contributed by atoms with van der Waals surface area (Å²) in [4.78, 5) is 114. The average Bonchev–Trinajstić information content (AvgIpc) is 4.01. The van der Waals surface area contributed by atoms with Gasteiger partial charge in [-0.05, 0) is 62.1 Å². The topological polar surface area (TPSA) is 402 Å². The van der Waals surface area contributed by atoms with Gasteiger partial charge in [-0.2, -0.15) is 0 Å². The molecule has 78 heavy (non-hydrogen) atoms. The number of primary amides is 1. The number of aliphatic hydroxyl groups is 7. The lowest BCUT2D eigenvalue weighted by molar-refractivity contribution is -0.151. The quantitative estimate of drug-likeness (QED) is 0.0542. The molecule has 0 saturated carbocycles. The van der Waals surface area contributed by atoms with E-state index >= 15 is 0 Å². The van der Waals surface area contributed by atoms with Gasteiger partial charge in [0.2, 0.25) is 35.4 Å². The molecular weight excluding hydrogens is 1020 g/mol. The van der Waals surface area contributed by atoms with E-state index in [1.54, 1.807) is 0 Å². The second kappa shape index (κ2) is 31.6. The lowest BCUT2D eigenvalue weighted by Crippen LogP contribution is -2.61. The largest absolute Gasteiger partial charge is 0.508 e. The number of Topliss-reactive ketones (excluding diaryl/α,β-unsaturated/α-hetero) is 2. The SMILES string of the molecule is CC[C@H](C)C[C@H](C)CCCCCCCCC(=O)C[C@H]1C[C@@H](O)[C@@H](OCCN)NC(=O)[C@@H]2[C@@H](O)CCN2C(=O)[C@H]([C@H](O)CC(N)=O)NC(=O)[C@H]([C@H](O)[C@@H](O)c2ccc(O)cc2)CC(=O)[C@@H]2C[C@@H](O)CN2C(=O)[C@H]([C@@H](C)O)NC1=O. The maximum absolute atomic E-state index is 14.6. The van der Waals surface area contributed by atoms with E-state index in [-0.39, 0.29) is 43.1 Å². The molecule has 0 bridgehead atoms. The number of benzene rings is 1. The second-order valence-corrected chi connectivity index (χ2v) is 21.8. The number of amides is 6. The minimum absolute atomic E-state index is 0.0570. The highest BCUT2D eigenvalue weighted by Gasteiger charge is 2.49. The molecule has 3 fully saturated rings. The van der Waals surface area contributed by atoms with Crippen molar-refractivity contribution in [1.29, 1.82) is 0 Å². The molecular formula is C54H87N7O17. The number of aromatic hydroxyl groups is 1. The second-order valence-electron chi connectivity index (χ2n) is 21.8. The molecule has 3 aliphatic rings. The van der Waals surface area contributed by atoms with E-state index in [0.717, 1.165) is 73.8 Å². The van der Waals surface area contributed by atoms with Crippen LogP contribution < -0.4 is 27.4 Å². The van der Waals surface area contributed by atoms with E-state index < -0.39 is 171 Å². The first-order chi connectivity index (χ1) is 36.9. The van der Waals surface area contributed by atoms with E-state index in [2.05, 4.69) is 36.7 Å². The number of rotatable bonds is 24. The predicted octanol–water partition coefficient (Wildman–Crippen LogP) is -1.18. The van der Waals surface area contributed by atoms with Crippen LogP contribution in [0.25, 0.3) is 0 Å². The molecule has 440 valence electrons. The first-order valence-electron chi connectivity index (χ1n) is 27.6. The molecule has 0 spiro atoms. The lowest BCUT2D eigenvalue weighted by Gasteiger charge is -2.34. The highest BCUT2D eigenvalue weighted by Crippen LogP contribution is 2.31. The number of ketones is 2. The number of fused-ring (bicyclic) bond motifs is 2. The predicted molar refractivity (Wildman–Crippen MR) is 281 cm³/mol. The molecule has 16 atom stereocenters. The standard InChI is InChI=1S/C54H87N7O17/c1-5-29(2)22-30(3)12-10-8-6-7-9-11-13-35(64)23-33-24-42(69)52(78-21-19-55)59-51(75)46-39(66)18-20-60(46)54(77)45(41(68)27-43(56)70)58-50(74)37(48(72)47(71)32-14-16-34(63)17-15-32)26-40(67)38-25-36(65)28-61(38)53(76)44(31(4)62)57-49(33)73/h14-17,29-31,33,36-39,41-42,44-48,52,62-63,65-66,68-69,71-72H,5-13,18-28,55H2,1-4H3,(H2,56,70)(H,57,73)(H,58,74)(H,59,75)/t29-,30+,31+,33-,36+,37-,38-,39-,41+,42+,44-,45-,46-,47-,48-,52+/m0/s1. The number of carbonyl (C=O) groups is 8. The van der Waals surface area contributed by atoms with Crippen LogP contribution in [0.5, 0.6) is 5.75 Å². The summed E-state index contributed by atoms with van der Waals surface area (Å²) in [6, 6.07) is -2.76. The Bertz CT molecular complexity index is 2150. The van der Waals surface area contributed by atoms with Crippen molar-refractivity contribution in [1.82, 2.24) is 25.8 Å². The zero-order valence-electron chi connectivity index (χ0n) is 45.5. The van der Waals surface area contributed by atoms with Gasteiger partial charge in [0.1, 0.15) is 35.8 Å². The molecule has 6 amide bonds. The number of hydrogen-bond acceptors (Lipinski definition) is 18. The Hall–Kier alpha value is -5.18. The molecule has 24 heteroatoms. The van der Waals surface area contributed by atoms with Gasteiger partial charge >= 0.3 is 0 Å². The number of phenolic OH excluding ortho intramolecular Hbond substituents is 1. The highest BCUT2D eigenvalue weighted by atomic mass is 16.5. The molecule has 1 aromatic rings. The Balaban J connectivity index is 1.74. The number of ether oxygens (including phenoxy) is 1. The van der Waals surface area contributed by atoms with Crippen molar-refractivity contribution >= 4 is 47.0 Å². The van der Waals surface area contributed by atoms with Crippen molar-refractivity contribution in [2.45, 2.75) is 204 Å². The molecule has 0 aromatic heterocycles. The van der Waals surface area contributed by atoms with Gasteiger partial charge in [0.05, 0.1) is 61.6 Å². The maximum Gasteiger partial charge on any atom is 0.248 e. The summed E-state index contributed by atoms with van der Waals surface area (Å²) in [5, 5.41) is 96.6. The van der Waals surface area contributed by atoms with Gasteiger partial charge < -0.3 is 82.8 Å². The van der Waals surface area contributed by atoms with E-state index in [0.29, 0.717) is 18.3 Å². The first-order valence-corrected chi connectivity index (χ1v) is 27.6. The Morgan fingerprint density at radius 1 is 0.782 bits per heavy atom. The number of phenols is 1. The number of nitrogens with two attached hydrogens (primary N) is 2. The smallest absolute Gasteiger partial charge is 0.248 e. The van der Waals surface area contributed by atoms with Crippen molar-refractivity contribution in [3.63, 3.8) is 0 Å². The number of hydrogen-bond donors (Lipinski definition) is 13. The summed E-state index contributed by atoms with van der Waals surface area (Å²) in [5.74, 6) is -10.9. The molecule has 4 rings (SSSR count). The number of nitrogens with zero attached hydrogens (tertiary/aromatic N) is 2. The van der Waals surface area contributed by atoms with Crippen molar-refractivity contribution < 1.29 is 83.9 Å². The molecule has 15 N–H and O–H groups in total. The lowest BCUT2D eigenvalue weighted by atomic mass is 9.86. The summed E-state index contributed by atoms with van der Waals surface area (Å²) in [6.07, 6.45) is -9.67. The van der Waals surface area contributed by atoms with Crippen LogP contribution in [-0.2, 0) is 43.1 Å². The van der Waals surface area contributed by atoms with Gasteiger partial charge in [-0.25, -0.2) is 0 Å². The van der Waals surface area contributed by atoms with Crippen molar-refractivity contribution in [3.05, 3.63) is 29.8 Å². The summed E-state index contributed by atoms with van der Waals surface area (Å²) in [7, 11) is 0. The van der Waals surface area contributed by atoms with E-state index in [9.17, 15) is 79.2 Å². The van der Waals surface area contributed by atoms with Crippen LogP contribution in [-0.4, -0.2) is 191 Å². The fourth-order valence-electron chi connectivity index (χ4n) is 10.7. The Morgan fingerprint density at radius 3 is 2.04 bits per heavy atom. The molecule has 1 aromatic carbocycles. The summed E-state index contributed by atoms with van der Waals surface area (Å²) in [5.41, 5.74) is 11.1. The minimum atomic E-state index is -2.24. The molecule has 0 radical (unpaired) electrons. The van der Waals surface area contributed by atoms with Gasteiger partial charge in [0.15, 0.2) is 12.0 Å². The third-order valence-electron chi connectivity index (χ3n) is 15.3. The zero-order chi connectivity index (χ0) is 58.0. The highest BCUT2D eigenvalue weighted by molar-refractivity contribution is 5.98. The van der Waals surface area contributed by atoms with Gasteiger partial charge in [-0.3, -0.25) is 38.4 Å². The molecule has 0 unspecified atom stereocenters. The molecule has 0 aliphatic carbocycles. The van der Waals surface area contributed by atoms with Gasteiger partial charge in [0.25, 0.3) is 0 Å². The van der Waals surface area contributed by atoms with Gasteiger partial charge in [-0.15, -0.1) is 0 Å². The Labute approximate surface area is 456 Å². The van der Waals surface area contributed by atoms with Crippen LogP contribution in [0.1, 0.15) is 142 Å². The molecule has 3 saturated heterocycles. The third kappa shape index (κ3) is 19.0.